The maximum absolute atomic E-state index is 14.4. The molecule has 1 unspecified atom stereocenters. The summed E-state index contributed by atoms with van der Waals surface area (Å²) in [6.45, 7) is 2.90. The minimum atomic E-state index is -0.894. The lowest BCUT2D eigenvalue weighted by molar-refractivity contribution is -0.153. The number of aryl methyl sites for hydroxylation is 1. The molecule has 0 aromatic heterocycles. The third kappa shape index (κ3) is 4.07. The molecule has 1 N–H and O–H groups in total. The molecule has 4 aliphatic rings. The number of amides is 2. The summed E-state index contributed by atoms with van der Waals surface area (Å²) in [6.07, 6.45) is 10.6. The molecule has 2 amide bonds. The van der Waals surface area contributed by atoms with Crippen LogP contribution < -0.4 is 4.90 Å². The quantitative estimate of drug-likeness (QED) is 0.356. The van der Waals surface area contributed by atoms with Gasteiger partial charge in [0.1, 0.15) is 6.04 Å². The second-order valence-corrected chi connectivity index (χ2v) is 11.7. The van der Waals surface area contributed by atoms with Crippen LogP contribution in [0.3, 0.4) is 0 Å². The van der Waals surface area contributed by atoms with Gasteiger partial charge in [-0.15, -0.1) is 11.8 Å². The number of carbonyl (C=O) groups is 3. The molecule has 7 nitrogen and oxygen atoms in total. The second-order valence-electron chi connectivity index (χ2n) is 9.80. The highest BCUT2D eigenvalue weighted by Gasteiger charge is 2.70. The van der Waals surface area contributed by atoms with E-state index in [1.165, 1.54) is 11.8 Å². The Labute approximate surface area is 220 Å². The van der Waals surface area contributed by atoms with E-state index in [0.29, 0.717) is 43.2 Å². The van der Waals surface area contributed by atoms with Crippen molar-refractivity contribution in [2.75, 3.05) is 31.2 Å². The lowest BCUT2D eigenvalue weighted by Gasteiger charge is -2.35. The zero-order valence-electron chi connectivity index (χ0n) is 20.3. The SMILES string of the molecule is Cc1cccc(Cl)c1N1CC=C[C@]23S[C@@H]4/C=C\CCCOC(=O)[C@@H]4[C@H]2C(=O)N(CCCCO)C3C1=O. The van der Waals surface area contributed by atoms with E-state index in [-0.39, 0.29) is 29.6 Å². The van der Waals surface area contributed by atoms with Gasteiger partial charge >= 0.3 is 5.97 Å². The van der Waals surface area contributed by atoms with Crippen molar-refractivity contribution in [3.63, 3.8) is 0 Å². The van der Waals surface area contributed by atoms with Crippen LogP contribution in [-0.4, -0.2) is 70.1 Å². The maximum atomic E-state index is 14.4. The lowest BCUT2D eigenvalue weighted by Crippen LogP contribution is -2.53. The number of cyclic esters (lactones) is 1. The molecule has 2 saturated heterocycles. The van der Waals surface area contributed by atoms with E-state index in [9.17, 15) is 19.5 Å². The molecule has 36 heavy (non-hydrogen) atoms. The Hall–Kier alpha value is -2.29. The first-order chi connectivity index (χ1) is 17.4. The molecule has 9 heteroatoms. The van der Waals surface area contributed by atoms with E-state index in [2.05, 4.69) is 6.08 Å². The van der Waals surface area contributed by atoms with Gasteiger partial charge in [0.2, 0.25) is 5.91 Å². The monoisotopic (exact) mass is 530 g/mol. The molecular weight excluding hydrogens is 500 g/mol. The number of halogens is 1. The van der Waals surface area contributed by atoms with Gasteiger partial charge in [-0.05, 0) is 44.2 Å². The summed E-state index contributed by atoms with van der Waals surface area (Å²) in [7, 11) is 0. The van der Waals surface area contributed by atoms with Crippen LogP contribution in [0.1, 0.15) is 31.2 Å². The first-order valence-electron chi connectivity index (χ1n) is 12.6. The molecular formula is C27H31ClN2O5S. The molecule has 0 radical (unpaired) electrons. The minimum absolute atomic E-state index is 0.0105. The summed E-state index contributed by atoms with van der Waals surface area (Å²) in [4.78, 5) is 45.0. The van der Waals surface area contributed by atoms with Crippen LogP contribution in [0.5, 0.6) is 0 Å². The summed E-state index contributed by atoms with van der Waals surface area (Å²) in [6, 6.07) is 4.74. The highest BCUT2D eigenvalue weighted by atomic mass is 35.5. The average Bonchev–Trinajstić information content (AvgIpc) is 3.25. The fourth-order valence-electron chi connectivity index (χ4n) is 6.05. The highest BCUT2D eigenvalue weighted by Crippen LogP contribution is 2.61. The largest absolute Gasteiger partial charge is 0.465 e. The number of esters is 1. The average molecular weight is 531 g/mol. The number of rotatable bonds is 5. The van der Waals surface area contributed by atoms with Crippen molar-refractivity contribution in [1.82, 2.24) is 4.90 Å². The number of benzene rings is 1. The number of hydrogen-bond donors (Lipinski definition) is 1. The molecule has 1 aromatic carbocycles. The smallest absolute Gasteiger partial charge is 0.311 e. The van der Waals surface area contributed by atoms with Gasteiger partial charge in [-0.25, -0.2) is 0 Å². The molecule has 1 spiro atoms. The molecule has 0 bridgehead atoms. The van der Waals surface area contributed by atoms with Gasteiger partial charge < -0.3 is 19.6 Å². The van der Waals surface area contributed by atoms with Gasteiger partial charge in [-0.3, -0.25) is 14.4 Å². The number of allylic oxidation sites excluding steroid dienone is 1. The summed E-state index contributed by atoms with van der Waals surface area (Å²) in [5, 5.41) is 9.57. The molecule has 4 heterocycles. The van der Waals surface area contributed by atoms with Crippen molar-refractivity contribution in [2.24, 2.45) is 11.8 Å². The number of hydrogen-bond acceptors (Lipinski definition) is 6. The Morgan fingerprint density at radius 3 is 2.81 bits per heavy atom. The fraction of sp³-hybridized carbons (Fsp3) is 0.519. The summed E-state index contributed by atoms with van der Waals surface area (Å²) in [5.41, 5.74) is 1.51. The number of para-hydroxylation sites is 1. The zero-order chi connectivity index (χ0) is 25.4. The number of thioether (sulfide) groups is 1. The van der Waals surface area contributed by atoms with Crippen LogP contribution in [-0.2, 0) is 19.1 Å². The number of aliphatic hydroxyl groups is 1. The number of nitrogens with zero attached hydrogens (tertiary/aromatic N) is 2. The zero-order valence-corrected chi connectivity index (χ0v) is 21.8. The summed E-state index contributed by atoms with van der Waals surface area (Å²) in [5.74, 6) is -2.12. The van der Waals surface area contributed by atoms with Crippen LogP contribution in [0.4, 0.5) is 5.69 Å². The van der Waals surface area contributed by atoms with E-state index >= 15 is 0 Å². The van der Waals surface area contributed by atoms with E-state index in [0.717, 1.165) is 18.4 Å². The number of aliphatic hydroxyl groups excluding tert-OH is 1. The molecule has 1 aromatic rings. The van der Waals surface area contributed by atoms with Gasteiger partial charge in [-0.2, -0.15) is 0 Å². The first-order valence-corrected chi connectivity index (χ1v) is 13.8. The molecule has 2 fully saturated rings. The maximum Gasteiger partial charge on any atom is 0.311 e. The summed E-state index contributed by atoms with van der Waals surface area (Å²) < 4.78 is 4.70. The van der Waals surface area contributed by atoms with Gasteiger partial charge in [0.05, 0.1) is 33.9 Å². The number of fused-ring (bicyclic) bond motifs is 2. The van der Waals surface area contributed by atoms with Gasteiger partial charge in [0, 0.05) is 24.9 Å². The third-order valence-corrected chi connectivity index (χ3v) is 9.67. The Morgan fingerprint density at radius 2 is 2.03 bits per heavy atom. The first kappa shape index (κ1) is 25.4. The number of ether oxygens (including phenoxy) is 1. The van der Waals surface area contributed by atoms with E-state index < -0.39 is 22.6 Å². The third-order valence-electron chi connectivity index (χ3n) is 7.62. The lowest BCUT2D eigenvalue weighted by atomic mass is 9.78. The Kier molecular flexibility index (Phi) is 7.21. The standard InChI is InChI=1S/C27H31ClN2O5S/c1-17-9-7-10-18(28)22(17)29-14-8-12-27-21(20-19(36-27)11-3-2-6-16-35-26(20)34)24(32)30(13-4-5-15-31)23(27)25(29)33/h3,7-12,19-21,23,31H,2,4-6,13-16H2,1H3/b11-3-/t19-,20+,21+,23?,27+/m1/s1. The number of likely N-dealkylation sites (tertiary alicyclic amines) is 1. The highest BCUT2D eigenvalue weighted by molar-refractivity contribution is 8.02. The van der Waals surface area contributed by atoms with Gasteiger partial charge in [0.25, 0.3) is 5.91 Å². The molecule has 0 saturated carbocycles. The van der Waals surface area contributed by atoms with Crippen molar-refractivity contribution < 1.29 is 24.2 Å². The van der Waals surface area contributed by atoms with Crippen molar-refractivity contribution >= 4 is 46.8 Å². The summed E-state index contributed by atoms with van der Waals surface area (Å²) >= 11 is 8.10. The van der Waals surface area contributed by atoms with E-state index in [1.807, 2.05) is 37.3 Å². The topological polar surface area (TPSA) is 87.2 Å². The molecule has 5 atom stereocenters. The van der Waals surface area contributed by atoms with Crippen LogP contribution in [0.15, 0.2) is 42.5 Å². The molecule has 0 aliphatic carbocycles. The predicted octanol–water partition coefficient (Wildman–Crippen LogP) is 3.51. The van der Waals surface area contributed by atoms with Crippen molar-refractivity contribution in [3.05, 3.63) is 53.1 Å². The van der Waals surface area contributed by atoms with E-state index in [1.54, 1.807) is 15.9 Å². The van der Waals surface area contributed by atoms with Crippen LogP contribution in [0.2, 0.25) is 5.02 Å². The van der Waals surface area contributed by atoms with Crippen LogP contribution in [0.25, 0.3) is 0 Å². The minimum Gasteiger partial charge on any atom is -0.465 e. The van der Waals surface area contributed by atoms with Crippen molar-refractivity contribution in [3.8, 4) is 0 Å². The van der Waals surface area contributed by atoms with E-state index in [4.69, 9.17) is 16.3 Å². The van der Waals surface area contributed by atoms with Gasteiger partial charge in [-0.1, -0.05) is 48.0 Å². The Bertz CT molecular complexity index is 1100. The number of carbonyl (C=O) groups excluding carboxylic acids is 3. The fourth-order valence-corrected chi connectivity index (χ4v) is 8.38. The molecule has 5 rings (SSSR count). The number of anilines is 1. The molecule has 4 aliphatic heterocycles. The van der Waals surface area contributed by atoms with Crippen LogP contribution in [0, 0.1) is 18.8 Å². The number of unbranched alkanes of at least 4 members (excludes halogenated alkanes) is 1. The normalized spacial score (nSPS) is 32.7. The van der Waals surface area contributed by atoms with Crippen molar-refractivity contribution in [1.29, 1.82) is 0 Å². The van der Waals surface area contributed by atoms with Crippen LogP contribution >= 0.6 is 23.4 Å². The second kappa shape index (κ2) is 10.2. The Morgan fingerprint density at radius 1 is 1.19 bits per heavy atom. The predicted molar refractivity (Wildman–Crippen MR) is 140 cm³/mol. The molecule has 192 valence electrons. The van der Waals surface area contributed by atoms with Gasteiger partial charge in [0.15, 0.2) is 0 Å². The van der Waals surface area contributed by atoms with Crippen molar-refractivity contribution in [2.45, 2.75) is 48.6 Å². The Balaban J connectivity index is 1.61.